The minimum atomic E-state index is -3.02. The highest BCUT2D eigenvalue weighted by molar-refractivity contribution is 7.91. The van der Waals surface area contributed by atoms with E-state index in [0.717, 1.165) is 5.56 Å². The fraction of sp³-hybridized carbons (Fsp3) is 0.538. The van der Waals surface area contributed by atoms with Crippen molar-refractivity contribution in [3.63, 3.8) is 0 Å². The second kappa shape index (κ2) is 6.75. The van der Waals surface area contributed by atoms with Gasteiger partial charge in [0.1, 0.15) is 12.4 Å². The summed E-state index contributed by atoms with van der Waals surface area (Å²) >= 11 is 0. The van der Waals surface area contributed by atoms with Crippen LogP contribution in [0.2, 0.25) is 0 Å². The van der Waals surface area contributed by atoms with Crippen LogP contribution in [0.15, 0.2) is 24.3 Å². The van der Waals surface area contributed by atoms with Gasteiger partial charge in [-0.3, -0.25) is 0 Å². The van der Waals surface area contributed by atoms with Gasteiger partial charge in [-0.25, -0.2) is 8.42 Å². The molecule has 4 nitrogen and oxygen atoms in total. The molecule has 0 amide bonds. The van der Waals surface area contributed by atoms with Gasteiger partial charge in [0.15, 0.2) is 9.84 Å². The molecule has 0 spiro atoms. The average molecular weight is 271 g/mol. The van der Waals surface area contributed by atoms with Crippen LogP contribution in [0.5, 0.6) is 5.75 Å². The number of nitrogens with two attached hydrogens (primary N) is 1. The summed E-state index contributed by atoms with van der Waals surface area (Å²) in [6, 6.07) is 7.38. The van der Waals surface area contributed by atoms with E-state index in [1.54, 1.807) is 6.07 Å². The summed E-state index contributed by atoms with van der Waals surface area (Å²) in [4.78, 5) is 0. The number of benzene rings is 1. The van der Waals surface area contributed by atoms with Gasteiger partial charge >= 0.3 is 0 Å². The van der Waals surface area contributed by atoms with Gasteiger partial charge in [-0.1, -0.05) is 26.0 Å². The molecule has 0 saturated carbocycles. The monoisotopic (exact) mass is 271 g/mol. The third-order valence-electron chi connectivity index (χ3n) is 2.38. The number of sulfone groups is 1. The van der Waals surface area contributed by atoms with E-state index in [1.165, 1.54) is 0 Å². The molecule has 0 aromatic heterocycles. The largest absolute Gasteiger partial charge is 0.493 e. The van der Waals surface area contributed by atoms with Crippen molar-refractivity contribution < 1.29 is 13.2 Å². The van der Waals surface area contributed by atoms with Gasteiger partial charge in [0.25, 0.3) is 0 Å². The van der Waals surface area contributed by atoms with Crippen LogP contribution in [0.1, 0.15) is 19.4 Å². The summed E-state index contributed by atoms with van der Waals surface area (Å²) in [5.74, 6) is 1.07. The van der Waals surface area contributed by atoms with E-state index in [4.69, 9.17) is 10.5 Å². The maximum Gasteiger partial charge on any atom is 0.153 e. The molecule has 18 heavy (non-hydrogen) atoms. The molecule has 1 rings (SSSR count). The van der Waals surface area contributed by atoms with Crippen molar-refractivity contribution in [1.82, 2.24) is 0 Å². The van der Waals surface area contributed by atoms with Crippen LogP contribution < -0.4 is 10.5 Å². The lowest BCUT2D eigenvalue weighted by atomic mass is 10.2. The fourth-order valence-corrected chi connectivity index (χ4v) is 3.16. The molecule has 1 aromatic carbocycles. The molecule has 5 heteroatoms. The number of ether oxygens (including phenoxy) is 1. The first kappa shape index (κ1) is 15.0. The van der Waals surface area contributed by atoms with E-state index >= 15 is 0 Å². The van der Waals surface area contributed by atoms with Crippen molar-refractivity contribution in [3.8, 4) is 5.75 Å². The Morgan fingerprint density at radius 1 is 1.33 bits per heavy atom. The highest BCUT2D eigenvalue weighted by Gasteiger charge is 2.13. The Morgan fingerprint density at radius 2 is 2.06 bits per heavy atom. The normalized spacial score (nSPS) is 11.8. The molecule has 0 saturated heterocycles. The smallest absolute Gasteiger partial charge is 0.153 e. The Kier molecular flexibility index (Phi) is 5.62. The van der Waals surface area contributed by atoms with Crippen LogP contribution >= 0.6 is 0 Å². The summed E-state index contributed by atoms with van der Waals surface area (Å²) in [6.07, 6.45) is 0. The van der Waals surface area contributed by atoms with Crippen molar-refractivity contribution in [2.45, 2.75) is 20.4 Å². The van der Waals surface area contributed by atoms with Crippen molar-refractivity contribution >= 4 is 9.84 Å². The van der Waals surface area contributed by atoms with Crippen LogP contribution in [0, 0.1) is 5.92 Å². The third kappa shape index (κ3) is 5.51. The van der Waals surface area contributed by atoms with Crippen molar-refractivity contribution in [2.75, 3.05) is 18.1 Å². The number of rotatable bonds is 7. The third-order valence-corrected chi connectivity index (χ3v) is 4.35. The predicted molar refractivity (Wildman–Crippen MR) is 73.3 cm³/mol. The number of hydrogen-bond donors (Lipinski definition) is 1. The maximum atomic E-state index is 11.7. The summed E-state index contributed by atoms with van der Waals surface area (Å²) in [7, 11) is -3.02. The maximum absolute atomic E-state index is 11.7. The van der Waals surface area contributed by atoms with Crippen molar-refractivity contribution in [2.24, 2.45) is 11.7 Å². The molecular formula is C13H21NO3S. The summed E-state index contributed by atoms with van der Waals surface area (Å²) in [5.41, 5.74) is 6.49. The van der Waals surface area contributed by atoms with Gasteiger partial charge in [0.05, 0.1) is 11.5 Å². The first-order chi connectivity index (χ1) is 8.43. The van der Waals surface area contributed by atoms with Crippen LogP contribution in [-0.2, 0) is 16.4 Å². The molecule has 0 aliphatic rings. The van der Waals surface area contributed by atoms with E-state index in [9.17, 15) is 8.42 Å². The van der Waals surface area contributed by atoms with Crippen LogP contribution in [0.3, 0.4) is 0 Å². The zero-order chi connectivity index (χ0) is 13.6. The minimum absolute atomic E-state index is 0.0536. The molecule has 0 atom stereocenters. The first-order valence-electron chi connectivity index (χ1n) is 6.05. The van der Waals surface area contributed by atoms with E-state index in [2.05, 4.69) is 0 Å². The second-order valence-electron chi connectivity index (χ2n) is 4.71. The van der Waals surface area contributed by atoms with E-state index in [0.29, 0.717) is 12.3 Å². The van der Waals surface area contributed by atoms with Gasteiger partial charge in [-0.2, -0.15) is 0 Å². The van der Waals surface area contributed by atoms with Gasteiger partial charge in [-0.05, 0) is 23.6 Å². The van der Waals surface area contributed by atoms with Crippen LogP contribution in [0.25, 0.3) is 0 Å². The second-order valence-corrected chi connectivity index (χ2v) is 6.94. The molecule has 0 aliphatic heterocycles. The summed E-state index contributed by atoms with van der Waals surface area (Å²) in [6.45, 7) is 4.41. The molecule has 0 unspecified atom stereocenters. The Bertz CT molecular complexity index is 469. The molecule has 0 radical (unpaired) electrons. The molecule has 2 N–H and O–H groups in total. The van der Waals surface area contributed by atoms with Gasteiger partial charge < -0.3 is 10.5 Å². The SMILES string of the molecule is CC(C)CS(=O)(=O)CCOc1cccc(CN)c1. The zero-order valence-corrected chi connectivity index (χ0v) is 11.7. The number of hydrogen-bond acceptors (Lipinski definition) is 4. The van der Waals surface area contributed by atoms with Gasteiger partial charge in [-0.15, -0.1) is 0 Å². The molecule has 0 bridgehead atoms. The molecule has 0 aliphatic carbocycles. The van der Waals surface area contributed by atoms with Gasteiger partial charge in [0.2, 0.25) is 0 Å². The first-order valence-corrected chi connectivity index (χ1v) is 7.87. The molecule has 0 heterocycles. The predicted octanol–water partition coefficient (Wildman–Crippen LogP) is 1.59. The topological polar surface area (TPSA) is 69.4 Å². The van der Waals surface area contributed by atoms with Crippen molar-refractivity contribution in [1.29, 1.82) is 0 Å². The van der Waals surface area contributed by atoms with Crippen LogP contribution in [0.4, 0.5) is 0 Å². The standard InChI is InChI=1S/C13H21NO3S/c1-11(2)10-18(15,16)7-6-17-13-5-3-4-12(8-13)9-14/h3-5,8,11H,6-7,9-10,14H2,1-2H3. The molecule has 1 aromatic rings. The Hall–Kier alpha value is -1.07. The van der Waals surface area contributed by atoms with Gasteiger partial charge in [0, 0.05) is 6.54 Å². The van der Waals surface area contributed by atoms with E-state index in [-0.39, 0.29) is 24.0 Å². The van der Waals surface area contributed by atoms with Crippen LogP contribution in [-0.4, -0.2) is 26.5 Å². The van der Waals surface area contributed by atoms with E-state index < -0.39 is 9.84 Å². The average Bonchev–Trinajstić information content (AvgIpc) is 2.27. The zero-order valence-electron chi connectivity index (χ0n) is 10.9. The lowest BCUT2D eigenvalue weighted by molar-refractivity contribution is 0.340. The summed E-state index contributed by atoms with van der Waals surface area (Å²) < 4.78 is 28.7. The lowest BCUT2D eigenvalue weighted by Gasteiger charge is -2.09. The Labute approximate surface area is 109 Å². The minimum Gasteiger partial charge on any atom is -0.493 e. The Balaban J connectivity index is 2.46. The quantitative estimate of drug-likeness (QED) is 0.817. The molecule has 102 valence electrons. The van der Waals surface area contributed by atoms with Crippen molar-refractivity contribution in [3.05, 3.63) is 29.8 Å². The fourth-order valence-electron chi connectivity index (χ4n) is 1.64. The Morgan fingerprint density at radius 3 is 2.67 bits per heavy atom. The highest BCUT2D eigenvalue weighted by atomic mass is 32.2. The highest BCUT2D eigenvalue weighted by Crippen LogP contribution is 2.13. The van der Waals surface area contributed by atoms with E-state index in [1.807, 2.05) is 32.0 Å². The molecular weight excluding hydrogens is 250 g/mol. The lowest BCUT2D eigenvalue weighted by Crippen LogP contribution is -2.20. The molecule has 0 fully saturated rings. The summed E-state index contributed by atoms with van der Waals surface area (Å²) in [5, 5.41) is 0.